The first-order valence-electron chi connectivity index (χ1n) is 9.14. The zero-order valence-electron chi connectivity index (χ0n) is 15.0. The molecule has 3 nitrogen and oxygen atoms in total. The third-order valence-electron chi connectivity index (χ3n) is 5.06. The van der Waals surface area contributed by atoms with E-state index in [1.54, 1.807) is 0 Å². The maximum atomic E-state index is 12.5. The average molecular weight is 316 g/mol. The van der Waals surface area contributed by atoms with Gasteiger partial charge in [-0.25, -0.2) is 0 Å². The van der Waals surface area contributed by atoms with E-state index in [0.717, 1.165) is 51.9 Å². The van der Waals surface area contributed by atoms with Crippen molar-refractivity contribution in [3.63, 3.8) is 0 Å². The number of carbonyl (C=O) groups excluding carboxylic acids is 1. The molecule has 1 atom stereocenters. The van der Waals surface area contributed by atoms with Crippen LogP contribution >= 0.6 is 0 Å². The van der Waals surface area contributed by atoms with Crippen LogP contribution in [0.25, 0.3) is 0 Å². The van der Waals surface area contributed by atoms with Crippen LogP contribution in [0.5, 0.6) is 0 Å². The summed E-state index contributed by atoms with van der Waals surface area (Å²) in [6.45, 7) is 8.57. The summed E-state index contributed by atoms with van der Waals surface area (Å²) < 4.78 is 0. The van der Waals surface area contributed by atoms with E-state index in [1.165, 1.54) is 5.56 Å². The Balaban J connectivity index is 1.76. The SMILES string of the molecule is CCCCN(C)C(=O)C1CCN(C[C@H](C)c2ccccc2)CC1. The molecule has 1 aliphatic heterocycles. The molecule has 1 aromatic carbocycles. The predicted molar refractivity (Wildman–Crippen MR) is 96.6 cm³/mol. The van der Waals surface area contributed by atoms with Gasteiger partial charge >= 0.3 is 0 Å². The smallest absolute Gasteiger partial charge is 0.225 e. The topological polar surface area (TPSA) is 23.6 Å². The molecule has 0 spiro atoms. The molecule has 0 unspecified atom stereocenters. The normalized spacial score (nSPS) is 17.9. The lowest BCUT2D eigenvalue weighted by molar-refractivity contribution is -0.135. The Morgan fingerprint density at radius 2 is 1.91 bits per heavy atom. The number of likely N-dealkylation sites (tertiary alicyclic amines) is 1. The largest absolute Gasteiger partial charge is 0.346 e. The number of carbonyl (C=O) groups is 1. The number of piperidine rings is 1. The van der Waals surface area contributed by atoms with Gasteiger partial charge in [0.15, 0.2) is 0 Å². The van der Waals surface area contributed by atoms with Crippen LogP contribution < -0.4 is 0 Å². The lowest BCUT2D eigenvalue weighted by atomic mass is 9.93. The maximum absolute atomic E-state index is 12.5. The number of rotatable bonds is 7. The molecule has 0 aromatic heterocycles. The summed E-state index contributed by atoms with van der Waals surface area (Å²) in [6.07, 6.45) is 4.27. The second-order valence-electron chi connectivity index (χ2n) is 7.00. The van der Waals surface area contributed by atoms with E-state index < -0.39 is 0 Å². The standard InChI is InChI=1S/C20H32N2O/c1-4-5-13-21(3)20(23)19-11-14-22(15-12-19)16-17(2)18-9-7-6-8-10-18/h6-10,17,19H,4-5,11-16H2,1-3H3/t17-/m0/s1. The van der Waals surface area contributed by atoms with Gasteiger partial charge in [0.05, 0.1) is 0 Å². The molecule has 23 heavy (non-hydrogen) atoms. The van der Waals surface area contributed by atoms with Crippen LogP contribution in [0.4, 0.5) is 0 Å². The van der Waals surface area contributed by atoms with Gasteiger partial charge in [0.25, 0.3) is 0 Å². The summed E-state index contributed by atoms with van der Waals surface area (Å²) in [5, 5.41) is 0. The second-order valence-corrected chi connectivity index (χ2v) is 7.00. The van der Waals surface area contributed by atoms with Gasteiger partial charge in [-0.3, -0.25) is 4.79 Å². The summed E-state index contributed by atoms with van der Waals surface area (Å²) in [6, 6.07) is 10.7. The molecule has 0 bridgehead atoms. The number of benzene rings is 1. The minimum absolute atomic E-state index is 0.236. The highest BCUT2D eigenvalue weighted by molar-refractivity contribution is 5.78. The average Bonchev–Trinajstić information content (AvgIpc) is 2.60. The minimum Gasteiger partial charge on any atom is -0.346 e. The van der Waals surface area contributed by atoms with Crippen molar-refractivity contribution in [2.45, 2.75) is 45.4 Å². The van der Waals surface area contributed by atoms with Crippen molar-refractivity contribution in [2.24, 2.45) is 5.92 Å². The molecule has 1 saturated heterocycles. The Morgan fingerprint density at radius 1 is 1.26 bits per heavy atom. The van der Waals surface area contributed by atoms with Crippen LogP contribution in [0, 0.1) is 5.92 Å². The molecule has 1 aliphatic rings. The van der Waals surface area contributed by atoms with Gasteiger partial charge < -0.3 is 9.80 Å². The predicted octanol–water partition coefficient (Wildman–Crippen LogP) is 3.76. The molecule has 3 heteroatoms. The first kappa shape index (κ1) is 18.0. The minimum atomic E-state index is 0.236. The Bertz CT molecular complexity index is 466. The zero-order chi connectivity index (χ0) is 16.7. The van der Waals surface area contributed by atoms with Crippen LogP contribution in [-0.4, -0.2) is 48.9 Å². The summed E-state index contributed by atoms with van der Waals surface area (Å²) in [5.74, 6) is 1.14. The van der Waals surface area contributed by atoms with Crippen molar-refractivity contribution < 1.29 is 4.79 Å². The van der Waals surface area contributed by atoms with E-state index in [1.807, 2.05) is 11.9 Å². The van der Waals surface area contributed by atoms with Crippen LogP contribution in [0.15, 0.2) is 30.3 Å². The molecule has 0 aliphatic carbocycles. The van der Waals surface area contributed by atoms with E-state index >= 15 is 0 Å². The molecule has 0 radical (unpaired) electrons. The maximum Gasteiger partial charge on any atom is 0.225 e. The third-order valence-corrected chi connectivity index (χ3v) is 5.06. The van der Waals surface area contributed by atoms with Crippen LogP contribution in [0.2, 0.25) is 0 Å². The van der Waals surface area contributed by atoms with Crippen molar-refractivity contribution in [2.75, 3.05) is 33.2 Å². The molecule has 1 fully saturated rings. The summed E-state index contributed by atoms with van der Waals surface area (Å²) in [5.41, 5.74) is 1.41. The fourth-order valence-electron chi connectivity index (χ4n) is 3.45. The molecule has 0 saturated carbocycles. The first-order chi connectivity index (χ1) is 11.1. The van der Waals surface area contributed by atoms with Crippen LogP contribution in [0.3, 0.4) is 0 Å². The van der Waals surface area contributed by atoms with Gasteiger partial charge in [-0.05, 0) is 43.8 Å². The summed E-state index contributed by atoms with van der Waals surface area (Å²) >= 11 is 0. The lowest BCUT2D eigenvalue weighted by Gasteiger charge is -2.34. The Morgan fingerprint density at radius 3 is 2.52 bits per heavy atom. The highest BCUT2D eigenvalue weighted by Gasteiger charge is 2.27. The molecule has 128 valence electrons. The Hall–Kier alpha value is -1.35. The molecule has 0 N–H and O–H groups in total. The molecule has 1 amide bonds. The van der Waals surface area contributed by atoms with Gasteiger partial charge in [-0.1, -0.05) is 50.6 Å². The van der Waals surface area contributed by atoms with Crippen molar-refractivity contribution >= 4 is 5.91 Å². The van der Waals surface area contributed by atoms with Crippen LogP contribution in [0.1, 0.15) is 51.0 Å². The number of hydrogen-bond donors (Lipinski definition) is 0. The monoisotopic (exact) mass is 316 g/mol. The van der Waals surface area contributed by atoms with Gasteiger partial charge in [0.2, 0.25) is 5.91 Å². The summed E-state index contributed by atoms with van der Waals surface area (Å²) in [7, 11) is 1.96. The van der Waals surface area contributed by atoms with Crippen molar-refractivity contribution in [3.05, 3.63) is 35.9 Å². The van der Waals surface area contributed by atoms with Gasteiger partial charge in [-0.2, -0.15) is 0 Å². The van der Waals surface area contributed by atoms with E-state index in [4.69, 9.17) is 0 Å². The molecule has 1 aromatic rings. The highest BCUT2D eigenvalue weighted by atomic mass is 16.2. The fraction of sp³-hybridized carbons (Fsp3) is 0.650. The van der Waals surface area contributed by atoms with Crippen LogP contribution in [-0.2, 0) is 4.79 Å². The van der Waals surface area contributed by atoms with E-state index in [-0.39, 0.29) is 5.92 Å². The van der Waals surface area contributed by atoms with E-state index in [9.17, 15) is 4.79 Å². The van der Waals surface area contributed by atoms with Gasteiger partial charge in [0.1, 0.15) is 0 Å². The van der Waals surface area contributed by atoms with Crippen molar-refractivity contribution in [1.29, 1.82) is 0 Å². The molecular formula is C20H32N2O. The quantitative estimate of drug-likeness (QED) is 0.764. The zero-order valence-corrected chi connectivity index (χ0v) is 15.0. The number of nitrogens with zero attached hydrogens (tertiary/aromatic N) is 2. The summed E-state index contributed by atoms with van der Waals surface area (Å²) in [4.78, 5) is 16.9. The molecule has 1 heterocycles. The van der Waals surface area contributed by atoms with Crippen molar-refractivity contribution in [1.82, 2.24) is 9.80 Å². The Kier molecular flexibility index (Phi) is 7.10. The van der Waals surface area contributed by atoms with Gasteiger partial charge in [0, 0.05) is 26.1 Å². The van der Waals surface area contributed by atoms with Crippen molar-refractivity contribution in [3.8, 4) is 0 Å². The van der Waals surface area contributed by atoms with E-state index in [2.05, 4.69) is 49.1 Å². The number of hydrogen-bond acceptors (Lipinski definition) is 2. The first-order valence-corrected chi connectivity index (χ1v) is 9.14. The van der Waals surface area contributed by atoms with E-state index in [0.29, 0.717) is 11.8 Å². The highest BCUT2D eigenvalue weighted by Crippen LogP contribution is 2.23. The third kappa shape index (κ3) is 5.35. The molecular weight excluding hydrogens is 284 g/mol. The number of unbranched alkanes of at least 4 members (excludes halogenated alkanes) is 1. The lowest BCUT2D eigenvalue weighted by Crippen LogP contribution is -2.42. The second kappa shape index (κ2) is 9.07. The Labute approximate surface area is 141 Å². The molecule has 2 rings (SSSR count). The number of amides is 1. The fourth-order valence-corrected chi connectivity index (χ4v) is 3.45. The van der Waals surface area contributed by atoms with Gasteiger partial charge in [-0.15, -0.1) is 0 Å².